The van der Waals surface area contributed by atoms with Gasteiger partial charge < -0.3 is 25.2 Å². The molecular formula is C14H24N4O3. The van der Waals surface area contributed by atoms with Crippen LogP contribution >= 0.6 is 0 Å². The molecule has 1 aliphatic heterocycles. The highest BCUT2D eigenvalue weighted by Gasteiger charge is 2.32. The largest absolute Gasteiger partial charge is 0.386 e. The lowest BCUT2D eigenvalue weighted by Gasteiger charge is -2.21. The molecule has 1 aliphatic rings. The molecule has 1 aromatic heterocycles. The van der Waals surface area contributed by atoms with Crippen LogP contribution in [0.5, 0.6) is 0 Å². The van der Waals surface area contributed by atoms with Gasteiger partial charge in [-0.15, -0.1) is 0 Å². The smallest absolute Gasteiger partial charge is 0.158 e. The molecule has 21 heavy (non-hydrogen) atoms. The van der Waals surface area contributed by atoms with E-state index in [0.717, 1.165) is 18.8 Å². The zero-order valence-electron chi connectivity index (χ0n) is 12.7. The molecular weight excluding hydrogens is 272 g/mol. The number of methoxy groups -OCH3 is 1. The van der Waals surface area contributed by atoms with Crippen molar-refractivity contribution in [2.75, 3.05) is 44.0 Å². The summed E-state index contributed by atoms with van der Waals surface area (Å²) in [5.41, 5.74) is -0.816. The van der Waals surface area contributed by atoms with Crippen molar-refractivity contribution in [2.45, 2.75) is 32.0 Å². The molecule has 118 valence electrons. The molecule has 7 heteroatoms. The lowest BCUT2D eigenvalue weighted by molar-refractivity contribution is 0.0381. The number of rotatable bonds is 8. The van der Waals surface area contributed by atoms with Crippen molar-refractivity contribution >= 4 is 11.6 Å². The van der Waals surface area contributed by atoms with Crippen molar-refractivity contribution < 1.29 is 14.6 Å². The number of anilines is 2. The first-order valence-electron chi connectivity index (χ1n) is 7.30. The Kier molecular flexibility index (Phi) is 5.72. The predicted octanol–water partition coefficient (Wildman–Crippen LogP) is 1.01. The van der Waals surface area contributed by atoms with Gasteiger partial charge in [0.25, 0.3) is 0 Å². The summed E-state index contributed by atoms with van der Waals surface area (Å²) in [7, 11) is 1.61. The van der Waals surface area contributed by atoms with Gasteiger partial charge in [0.05, 0.1) is 6.61 Å². The summed E-state index contributed by atoms with van der Waals surface area (Å²) in [4.78, 5) is 8.77. The first kappa shape index (κ1) is 15.9. The maximum absolute atomic E-state index is 10.3. The van der Waals surface area contributed by atoms with Crippen LogP contribution in [0.2, 0.25) is 0 Å². The van der Waals surface area contributed by atoms with Crippen molar-refractivity contribution in [1.29, 1.82) is 0 Å². The number of hydrogen-bond donors (Lipinski definition) is 3. The number of aliphatic hydroxyl groups is 1. The Morgan fingerprint density at radius 2 is 2.14 bits per heavy atom. The van der Waals surface area contributed by atoms with Gasteiger partial charge in [-0.3, -0.25) is 0 Å². The van der Waals surface area contributed by atoms with E-state index in [-0.39, 0.29) is 0 Å². The molecule has 2 heterocycles. The van der Waals surface area contributed by atoms with E-state index < -0.39 is 5.60 Å². The average Bonchev–Trinajstić information content (AvgIpc) is 2.91. The van der Waals surface area contributed by atoms with Crippen molar-refractivity contribution in [3.63, 3.8) is 0 Å². The molecule has 0 aliphatic carbocycles. The van der Waals surface area contributed by atoms with Crippen LogP contribution < -0.4 is 10.6 Å². The Hall–Kier alpha value is -1.44. The second kappa shape index (κ2) is 7.53. The summed E-state index contributed by atoms with van der Waals surface area (Å²) < 4.78 is 10.3. The van der Waals surface area contributed by atoms with Crippen molar-refractivity contribution in [3.05, 3.63) is 11.9 Å². The molecule has 7 nitrogen and oxygen atoms in total. The van der Waals surface area contributed by atoms with Gasteiger partial charge in [-0.1, -0.05) is 6.92 Å². The van der Waals surface area contributed by atoms with E-state index >= 15 is 0 Å². The SMILES string of the molecule is CCCNc1cc(NCC2(O)CCOC2)nc(COC)n1. The van der Waals surface area contributed by atoms with Gasteiger partial charge in [-0.2, -0.15) is 0 Å². The van der Waals surface area contributed by atoms with E-state index in [2.05, 4.69) is 27.5 Å². The number of ether oxygens (including phenoxy) is 2. The highest BCUT2D eigenvalue weighted by atomic mass is 16.5. The summed E-state index contributed by atoms with van der Waals surface area (Å²) in [5.74, 6) is 2.04. The fourth-order valence-electron chi connectivity index (χ4n) is 2.12. The quantitative estimate of drug-likeness (QED) is 0.659. The first-order valence-corrected chi connectivity index (χ1v) is 7.30. The second-order valence-electron chi connectivity index (χ2n) is 5.29. The third-order valence-corrected chi connectivity index (χ3v) is 3.28. The van der Waals surface area contributed by atoms with Crippen LogP contribution in [0, 0.1) is 0 Å². The summed E-state index contributed by atoms with van der Waals surface area (Å²) in [6, 6.07) is 1.84. The van der Waals surface area contributed by atoms with Crippen LogP contribution in [-0.2, 0) is 16.1 Å². The lowest BCUT2D eigenvalue weighted by atomic mass is 10.0. The Morgan fingerprint density at radius 1 is 1.38 bits per heavy atom. The standard InChI is InChI=1S/C14H24N4O3/c1-3-5-15-11-7-12(18-13(17-11)8-20-2)16-9-14(19)4-6-21-10-14/h7,19H,3-6,8-10H2,1-2H3,(H2,15,16,17,18). The molecule has 3 N–H and O–H groups in total. The van der Waals surface area contributed by atoms with Crippen molar-refractivity contribution in [1.82, 2.24) is 9.97 Å². The Labute approximate surface area is 125 Å². The van der Waals surface area contributed by atoms with Crippen LogP contribution in [-0.4, -0.2) is 54.1 Å². The summed E-state index contributed by atoms with van der Waals surface area (Å²) in [5, 5.41) is 16.7. The third kappa shape index (κ3) is 4.80. The van der Waals surface area contributed by atoms with Crippen LogP contribution in [0.3, 0.4) is 0 Å². The molecule has 0 amide bonds. The minimum atomic E-state index is -0.816. The van der Waals surface area contributed by atoms with Gasteiger partial charge in [0.2, 0.25) is 0 Å². The monoisotopic (exact) mass is 296 g/mol. The van der Waals surface area contributed by atoms with E-state index in [0.29, 0.717) is 44.4 Å². The molecule has 0 saturated carbocycles. The van der Waals surface area contributed by atoms with Gasteiger partial charge in [-0.05, 0) is 6.42 Å². The molecule has 0 aromatic carbocycles. The maximum atomic E-state index is 10.3. The zero-order chi connectivity index (χ0) is 15.1. The minimum Gasteiger partial charge on any atom is -0.386 e. The van der Waals surface area contributed by atoms with Gasteiger partial charge in [0.1, 0.15) is 23.8 Å². The third-order valence-electron chi connectivity index (χ3n) is 3.28. The molecule has 1 fully saturated rings. The van der Waals surface area contributed by atoms with E-state index in [9.17, 15) is 5.11 Å². The number of hydrogen-bond acceptors (Lipinski definition) is 7. The zero-order valence-corrected chi connectivity index (χ0v) is 12.7. The Morgan fingerprint density at radius 3 is 2.76 bits per heavy atom. The van der Waals surface area contributed by atoms with E-state index in [1.807, 2.05) is 6.07 Å². The average molecular weight is 296 g/mol. The molecule has 0 spiro atoms. The van der Waals surface area contributed by atoms with Gasteiger partial charge >= 0.3 is 0 Å². The van der Waals surface area contributed by atoms with Crippen LogP contribution in [0.25, 0.3) is 0 Å². The molecule has 1 unspecified atom stereocenters. The molecule has 1 aromatic rings. The van der Waals surface area contributed by atoms with Crippen LogP contribution in [0.15, 0.2) is 6.07 Å². The van der Waals surface area contributed by atoms with Gasteiger partial charge in [-0.25, -0.2) is 9.97 Å². The van der Waals surface area contributed by atoms with Crippen molar-refractivity contribution in [2.24, 2.45) is 0 Å². The summed E-state index contributed by atoms with van der Waals surface area (Å²) in [6.45, 7) is 4.66. The highest BCUT2D eigenvalue weighted by molar-refractivity contribution is 5.47. The number of aromatic nitrogens is 2. The molecule has 0 radical (unpaired) electrons. The fourth-order valence-corrected chi connectivity index (χ4v) is 2.12. The normalized spacial score (nSPS) is 21.5. The van der Waals surface area contributed by atoms with Crippen LogP contribution in [0.4, 0.5) is 11.6 Å². The number of nitrogens with zero attached hydrogens (tertiary/aromatic N) is 2. The van der Waals surface area contributed by atoms with E-state index in [1.165, 1.54) is 0 Å². The maximum Gasteiger partial charge on any atom is 0.158 e. The fraction of sp³-hybridized carbons (Fsp3) is 0.714. The first-order chi connectivity index (χ1) is 10.1. The van der Waals surface area contributed by atoms with Crippen LogP contribution in [0.1, 0.15) is 25.6 Å². The summed E-state index contributed by atoms with van der Waals surface area (Å²) in [6.07, 6.45) is 1.65. The minimum absolute atomic E-state index is 0.351. The highest BCUT2D eigenvalue weighted by Crippen LogP contribution is 2.20. The molecule has 2 rings (SSSR count). The second-order valence-corrected chi connectivity index (χ2v) is 5.29. The van der Waals surface area contributed by atoms with E-state index in [1.54, 1.807) is 7.11 Å². The van der Waals surface area contributed by atoms with Crippen molar-refractivity contribution in [3.8, 4) is 0 Å². The van der Waals surface area contributed by atoms with Gasteiger partial charge in [0.15, 0.2) is 5.82 Å². The molecule has 1 atom stereocenters. The lowest BCUT2D eigenvalue weighted by Crippen LogP contribution is -2.37. The Balaban J connectivity index is 2.03. The Bertz CT molecular complexity index is 450. The molecule has 1 saturated heterocycles. The molecule has 0 bridgehead atoms. The topological polar surface area (TPSA) is 88.5 Å². The predicted molar refractivity (Wildman–Crippen MR) is 80.4 cm³/mol. The van der Waals surface area contributed by atoms with Gasteiger partial charge in [0, 0.05) is 39.3 Å². The summed E-state index contributed by atoms with van der Waals surface area (Å²) >= 11 is 0. The number of nitrogens with one attached hydrogen (secondary N) is 2. The van der Waals surface area contributed by atoms with E-state index in [4.69, 9.17) is 9.47 Å².